The van der Waals surface area contributed by atoms with Crippen molar-refractivity contribution in [2.24, 2.45) is 0 Å². The summed E-state index contributed by atoms with van der Waals surface area (Å²) in [6, 6.07) is 0. The maximum atomic E-state index is 12.2. The Balaban J connectivity index is 2.64. The van der Waals surface area contributed by atoms with E-state index in [1.807, 2.05) is 0 Å². The predicted molar refractivity (Wildman–Crippen MR) is 140 cm³/mol. The van der Waals surface area contributed by atoms with Crippen molar-refractivity contribution >= 4 is 41.8 Å². The topological polar surface area (TPSA) is 221 Å². The van der Waals surface area contributed by atoms with Crippen molar-refractivity contribution in [2.45, 2.75) is 110 Å². The van der Waals surface area contributed by atoms with Crippen LogP contribution in [0.5, 0.6) is 0 Å². The number of hydrogen-bond acceptors (Lipinski definition) is 18. The number of methoxy groups -OCH3 is 1. The Morgan fingerprint density at radius 3 is 1.13 bits per heavy atom. The summed E-state index contributed by atoms with van der Waals surface area (Å²) < 4.78 is 60.6. The zero-order valence-electron chi connectivity index (χ0n) is 26.0. The molecule has 0 aromatic carbocycles. The van der Waals surface area contributed by atoms with E-state index in [-0.39, 0.29) is 0 Å². The van der Waals surface area contributed by atoms with Crippen LogP contribution in [-0.4, -0.2) is 124 Å². The molecular formula is C27H38O18. The first-order valence-corrected chi connectivity index (χ1v) is 13.7. The van der Waals surface area contributed by atoms with E-state index in [0.29, 0.717) is 0 Å². The van der Waals surface area contributed by atoms with E-state index < -0.39 is 116 Å². The maximum absolute atomic E-state index is 12.2. The van der Waals surface area contributed by atoms with E-state index in [4.69, 9.17) is 52.1 Å². The summed E-state index contributed by atoms with van der Waals surface area (Å²) in [5.41, 5.74) is 0. The third-order valence-corrected chi connectivity index (χ3v) is 6.12. The molecule has 0 saturated carbocycles. The van der Waals surface area contributed by atoms with E-state index in [9.17, 15) is 33.6 Å². The van der Waals surface area contributed by atoms with Gasteiger partial charge in [-0.25, -0.2) is 0 Å². The van der Waals surface area contributed by atoms with Crippen molar-refractivity contribution in [1.29, 1.82) is 0 Å². The Bertz CT molecular complexity index is 1110. The molecule has 45 heavy (non-hydrogen) atoms. The Kier molecular flexibility index (Phi) is 14.1. The third-order valence-electron chi connectivity index (χ3n) is 6.12. The van der Waals surface area contributed by atoms with Gasteiger partial charge in [-0.05, 0) is 0 Å². The summed E-state index contributed by atoms with van der Waals surface area (Å²) in [7, 11) is 1.20. The van der Waals surface area contributed by atoms with Crippen molar-refractivity contribution in [3.8, 4) is 0 Å². The minimum atomic E-state index is -1.74. The first-order chi connectivity index (χ1) is 21.0. The molecule has 0 amide bonds. The second-order valence-corrected chi connectivity index (χ2v) is 9.90. The number of esters is 7. The van der Waals surface area contributed by atoms with Gasteiger partial charge in [-0.3, -0.25) is 33.6 Å². The molecule has 0 spiro atoms. The minimum absolute atomic E-state index is 0.448. The van der Waals surface area contributed by atoms with Gasteiger partial charge in [-0.2, -0.15) is 0 Å². The normalized spacial score (nSPS) is 31.0. The van der Waals surface area contributed by atoms with Crippen molar-refractivity contribution < 1.29 is 85.7 Å². The molecule has 18 heteroatoms. The standard InChI is InChI=1S/C27H38O18/c1-11(28)36-9-18-20(38-13(3)30)22(40-15(5)32)24(26(35-8)43-18)45-27-25(42-17(7)34)23(41-16(6)33)21(39-14(4)31)19(44-27)10-37-12(2)29/h18-27H,9-10H2,1-8H3/t18-,19-,20+,21+,22-,23-,24+,25+,26-,27-/m0/s1. The highest BCUT2D eigenvalue weighted by Gasteiger charge is 2.57. The molecule has 2 rings (SSSR count). The fourth-order valence-electron chi connectivity index (χ4n) is 4.66. The second-order valence-electron chi connectivity index (χ2n) is 9.90. The molecule has 0 aliphatic carbocycles. The number of carbonyl (C=O) groups is 7. The fraction of sp³-hybridized carbons (Fsp3) is 0.741. The molecule has 0 N–H and O–H groups in total. The quantitative estimate of drug-likeness (QED) is 0.187. The lowest BCUT2D eigenvalue weighted by molar-refractivity contribution is -0.366. The molecular weight excluding hydrogens is 612 g/mol. The molecule has 2 aliphatic rings. The maximum Gasteiger partial charge on any atom is 0.303 e. The molecule has 0 radical (unpaired) electrons. The lowest BCUT2D eigenvalue weighted by Crippen LogP contribution is -2.67. The van der Waals surface area contributed by atoms with Gasteiger partial charge in [0.2, 0.25) is 0 Å². The third kappa shape index (κ3) is 11.2. The second kappa shape index (κ2) is 17.0. The van der Waals surface area contributed by atoms with Gasteiger partial charge in [0.15, 0.2) is 49.2 Å². The van der Waals surface area contributed by atoms with Crippen molar-refractivity contribution in [3.05, 3.63) is 0 Å². The monoisotopic (exact) mass is 650 g/mol. The van der Waals surface area contributed by atoms with E-state index in [1.165, 1.54) is 7.11 Å². The van der Waals surface area contributed by atoms with Gasteiger partial charge < -0.3 is 52.1 Å². The fourth-order valence-corrected chi connectivity index (χ4v) is 4.66. The first kappa shape index (κ1) is 37.3. The summed E-state index contributed by atoms with van der Waals surface area (Å²) in [5, 5.41) is 0. The van der Waals surface area contributed by atoms with Crippen LogP contribution in [0.25, 0.3) is 0 Å². The molecule has 10 atom stereocenters. The zero-order chi connectivity index (χ0) is 34.0. The average molecular weight is 651 g/mol. The Morgan fingerprint density at radius 2 is 0.778 bits per heavy atom. The molecule has 2 heterocycles. The van der Waals surface area contributed by atoms with Crippen molar-refractivity contribution in [3.63, 3.8) is 0 Å². The smallest absolute Gasteiger partial charge is 0.303 e. The predicted octanol–water partition coefficient (Wildman–Crippen LogP) is -0.747. The molecule has 0 aromatic rings. The number of carbonyl (C=O) groups excluding carboxylic acids is 7. The summed E-state index contributed by atoms with van der Waals surface area (Å²) in [5.74, 6) is -5.71. The summed E-state index contributed by atoms with van der Waals surface area (Å²) >= 11 is 0. The molecule has 2 fully saturated rings. The highest BCUT2D eigenvalue weighted by molar-refractivity contribution is 5.69. The van der Waals surface area contributed by atoms with Crippen molar-refractivity contribution in [1.82, 2.24) is 0 Å². The average Bonchev–Trinajstić information content (AvgIpc) is 2.90. The Labute approximate surface area is 258 Å². The minimum Gasteiger partial charge on any atom is -0.463 e. The first-order valence-electron chi connectivity index (χ1n) is 13.7. The van der Waals surface area contributed by atoms with Crippen LogP contribution < -0.4 is 0 Å². The van der Waals surface area contributed by atoms with Crippen LogP contribution in [0, 0.1) is 0 Å². The molecule has 0 aromatic heterocycles. The molecule has 254 valence electrons. The number of ether oxygens (including phenoxy) is 11. The Morgan fingerprint density at radius 1 is 0.444 bits per heavy atom. The largest absolute Gasteiger partial charge is 0.463 e. The van der Waals surface area contributed by atoms with Crippen LogP contribution in [-0.2, 0) is 85.7 Å². The molecule has 0 unspecified atom stereocenters. The molecule has 18 nitrogen and oxygen atoms in total. The van der Waals surface area contributed by atoms with Gasteiger partial charge in [0.05, 0.1) is 0 Å². The van der Waals surface area contributed by atoms with Gasteiger partial charge in [0.1, 0.15) is 25.4 Å². The summed E-state index contributed by atoms with van der Waals surface area (Å²) in [6.45, 7) is 6.53. The van der Waals surface area contributed by atoms with Gasteiger partial charge in [-0.1, -0.05) is 0 Å². The lowest BCUT2D eigenvalue weighted by atomic mass is 9.96. The van der Waals surface area contributed by atoms with Crippen LogP contribution in [0.3, 0.4) is 0 Å². The van der Waals surface area contributed by atoms with E-state index >= 15 is 0 Å². The van der Waals surface area contributed by atoms with Crippen LogP contribution in [0.15, 0.2) is 0 Å². The van der Waals surface area contributed by atoms with Crippen molar-refractivity contribution in [2.75, 3.05) is 20.3 Å². The number of rotatable bonds is 12. The van der Waals surface area contributed by atoms with Crippen LogP contribution in [0.1, 0.15) is 48.5 Å². The SMILES string of the molecule is CO[C@H]1O[C@@H](COC(C)=O)[C@@H](OC(C)=O)[C@H](OC(C)=O)[C@H]1O[C@@H]1O[C@@H](COC(C)=O)[C@@H](OC(C)=O)[C@H](OC(C)=O)[C@H]1OC(C)=O. The zero-order valence-corrected chi connectivity index (χ0v) is 26.0. The van der Waals surface area contributed by atoms with E-state index in [2.05, 4.69) is 0 Å². The highest BCUT2D eigenvalue weighted by atomic mass is 16.8. The van der Waals surface area contributed by atoms with Crippen LogP contribution in [0.2, 0.25) is 0 Å². The van der Waals surface area contributed by atoms with Gasteiger partial charge >= 0.3 is 41.8 Å². The lowest BCUT2D eigenvalue weighted by Gasteiger charge is -2.48. The van der Waals surface area contributed by atoms with Crippen LogP contribution in [0.4, 0.5) is 0 Å². The van der Waals surface area contributed by atoms with E-state index in [0.717, 1.165) is 48.5 Å². The summed E-state index contributed by atoms with van der Waals surface area (Å²) in [4.78, 5) is 83.8. The van der Waals surface area contributed by atoms with Crippen LogP contribution >= 0.6 is 0 Å². The summed E-state index contributed by atoms with van der Waals surface area (Å²) in [6.07, 6.45) is -14.9. The molecule has 2 aliphatic heterocycles. The Hall–Kier alpha value is -3.87. The van der Waals surface area contributed by atoms with Gasteiger partial charge in [0, 0.05) is 55.6 Å². The van der Waals surface area contributed by atoms with E-state index in [1.54, 1.807) is 0 Å². The number of hydrogen-bond donors (Lipinski definition) is 0. The highest BCUT2D eigenvalue weighted by Crippen LogP contribution is 2.35. The van der Waals surface area contributed by atoms with Gasteiger partial charge in [0.25, 0.3) is 0 Å². The molecule has 0 bridgehead atoms. The molecule has 2 saturated heterocycles. The van der Waals surface area contributed by atoms with Gasteiger partial charge in [-0.15, -0.1) is 0 Å².